The minimum absolute atomic E-state index is 0.611. The normalized spacial score (nSPS) is 23.4. The highest BCUT2D eigenvalue weighted by Gasteiger charge is 2.38. The Morgan fingerprint density at radius 2 is 1.79 bits per heavy atom. The maximum atomic E-state index is 2.72. The van der Waals surface area contributed by atoms with Gasteiger partial charge in [0.2, 0.25) is 0 Å². The van der Waals surface area contributed by atoms with Crippen molar-refractivity contribution in [2.75, 3.05) is 13.1 Å². The second-order valence-corrected chi connectivity index (χ2v) is 7.55. The second kappa shape index (κ2) is 5.49. The molecule has 2 unspecified atom stereocenters. The number of benzene rings is 2. The minimum atomic E-state index is 0.611. The average molecular weight is 316 g/mol. The van der Waals surface area contributed by atoms with E-state index in [2.05, 4.69) is 71.0 Å². The predicted octanol–water partition coefficient (Wildman–Crippen LogP) is 4.63. The van der Waals surface area contributed by atoms with E-state index in [0.29, 0.717) is 6.04 Å². The summed E-state index contributed by atoms with van der Waals surface area (Å²) in [5, 5.41) is 1.47. The van der Waals surface area contributed by atoms with Crippen molar-refractivity contribution in [2.45, 2.75) is 32.4 Å². The Labute approximate surface area is 143 Å². The van der Waals surface area contributed by atoms with Gasteiger partial charge >= 0.3 is 0 Å². The van der Waals surface area contributed by atoms with E-state index in [1.165, 1.54) is 42.4 Å². The Balaban J connectivity index is 1.71. The van der Waals surface area contributed by atoms with E-state index in [9.17, 15) is 0 Å². The van der Waals surface area contributed by atoms with Crippen LogP contribution in [-0.4, -0.2) is 22.6 Å². The monoisotopic (exact) mass is 316 g/mol. The van der Waals surface area contributed by atoms with Gasteiger partial charge in [-0.15, -0.1) is 0 Å². The Kier molecular flexibility index (Phi) is 3.27. The SMILES string of the molecule is CC1CC2c3c(c4ccccc4n3Cc3ccccc3)CCN2C1. The molecule has 0 amide bonds. The molecule has 0 aliphatic carbocycles. The zero-order valence-electron chi connectivity index (χ0n) is 14.3. The molecule has 2 heteroatoms. The summed E-state index contributed by atoms with van der Waals surface area (Å²) in [6.07, 6.45) is 2.50. The summed E-state index contributed by atoms with van der Waals surface area (Å²) in [6.45, 7) is 5.87. The highest BCUT2D eigenvalue weighted by molar-refractivity contribution is 5.86. The molecule has 2 aromatic carbocycles. The lowest BCUT2D eigenvalue weighted by Gasteiger charge is -2.31. The van der Waals surface area contributed by atoms with E-state index in [-0.39, 0.29) is 0 Å². The zero-order chi connectivity index (χ0) is 16.1. The number of rotatable bonds is 2. The molecular formula is C22H24N2. The van der Waals surface area contributed by atoms with Gasteiger partial charge in [0.25, 0.3) is 0 Å². The van der Waals surface area contributed by atoms with Crippen LogP contribution in [0.5, 0.6) is 0 Å². The van der Waals surface area contributed by atoms with E-state index < -0.39 is 0 Å². The second-order valence-electron chi connectivity index (χ2n) is 7.55. The molecule has 1 saturated heterocycles. The molecule has 1 aromatic heterocycles. The first-order chi connectivity index (χ1) is 11.8. The van der Waals surface area contributed by atoms with Gasteiger partial charge in [0, 0.05) is 36.2 Å². The van der Waals surface area contributed by atoms with Crippen molar-refractivity contribution >= 4 is 10.9 Å². The Bertz CT molecular complexity index is 878. The van der Waals surface area contributed by atoms with Crippen LogP contribution in [-0.2, 0) is 13.0 Å². The summed E-state index contributed by atoms with van der Waals surface area (Å²) in [6, 6.07) is 20.5. The van der Waals surface area contributed by atoms with Crippen LogP contribution in [0.1, 0.15) is 36.2 Å². The number of hydrogen-bond donors (Lipinski definition) is 0. The van der Waals surface area contributed by atoms with Crippen LogP contribution in [0.15, 0.2) is 54.6 Å². The van der Waals surface area contributed by atoms with Crippen molar-refractivity contribution in [3.63, 3.8) is 0 Å². The van der Waals surface area contributed by atoms with Gasteiger partial charge < -0.3 is 4.57 Å². The fraction of sp³-hybridized carbons (Fsp3) is 0.364. The van der Waals surface area contributed by atoms with E-state index in [0.717, 1.165) is 12.5 Å². The predicted molar refractivity (Wildman–Crippen MR) is 99.3 cm³/mol. The fourth-order valence-electron chi connectivity index (χ4n) is 4.89. The molecule has 5 rings (SSSR count). The van der Waals surface area contributed by atoms with Crippen molar-refractivity contribution in [2.24, 2.45) is 5.92 Å². The highest BCUT2D eigenvalue weighted by atomic mass is 15.2. The maximum absolute atomic E-state index is 2.72. The van der Waals surface area contributed by atoms with E-state index in [1.54, 1.807) is 11.3 Å². The number of hydrogen-bond acceptors (Lipinski definition) is 1. The third-order valence-corrected chi connectivity index (χ3v) is 5.88. The topological polar surface area (TPSA) is 8.17 Å². The molecule has 2 aliphatic heterocycles. The molecule has 0 radical (unpaired) electrons. The lowest BCUT2D eigenvalue weighted by atomic mass is 9.96. The van der Waals surface area contributed by atoms with Gasteiger partial charge in [0.15, 0.2) is 0 Å². The lowest BCUT2D eigenvalue weighted by Crippen LogP contribution is -2.32. The van der Waals surface area contributed by atoms with Gasteiger partial charge in [-0.3, -0.25) is 4.90 Å². The van der Waals surface area contributed by atoms with E-state index in [1.807, 2.05) is 0 Å². The van der Waals surface area contributed by atoms with Crippen molar-refractivity contribution in [3.05, 3.63) is 71.4 Å². The number of fused-ring (bicyclic) bond motifs is 5. The van der Waals surface area contributed by atoms with Gasteiger partial charge in [-0.05, 0) is 36.0 Å². The van der Waals surface area contributed by atoms with Gasteiger partial charge in [0.1, 0.15) is 0 Å². The van der Waals surface area contributed by atoms with Gasteiger partial charge in [-0.25, -0.2) is 0 Å². The van der Waals surface area contributed by atoms with Crippen LogP contribution in [0.25, 0.3) is 10.9 Å². The van der Waals surface area contributed by atoms with Crippen LogP contribution in [0.4, 0.5) is 0 Å². The summed E-state index contributed by atoms with van der Waals surface area (Å²) in [5.41, 5.74) is 6.00. The van der Waals surface area contributed by atoms with E-state index in [4.69, 9.17) is 0 Å². The standard InChI is InChI=1S/C22H24N2/c1-16-13-21-22-19(11-12-23(21)14-16)18-9-5-6-10-20(18)24(22)15-17-7-3-2-4-8-17/h2-10,16,21H,11-15H2,1H3. The Hall–Kier alpha value is -2.06. The highest BCUT2D eigenvalue weighted by Crippen LogP contribution is 2.43. The van der Waals surface area contributed by atoms with Gasteiger partial charge in [-0.2, -0.15) is 0 Å². The van der Waals surface area contributed by atoms with Crippen LogP contribution >= 0.6 is 0 Å². The van der Waals surface area contributed by atoms with Gasteiger partial charge in [0.05, 0.1) is 6.04 Å². The smallest absolute Gasteiger partial charge is 0.0506 e. The van der Waals surface area contributed by atoms with E-state index >= 15 is 0 Å². The Morgan fingerprint density at radius 1 is 1.00 bits per heavy atom. The van der Waals surface area contributed by atoms with Crippen molar-refractivity contribution < 1.29 is 0 Å². The molecule has 2 atom stereocenters. The largest absolute Gasteiger partial charge is 0.338 e. The van der Waals surface area contributed by atoms with Crippen LogP contribution < -0.4 is 0 Å². The lowest BCUT2D eigenvalue weighted by molar-refractivity contribution is 0.233. The summed E-state index contributed by atoms with van der Waals surface area (Å²) in [5.74, 6) is 0.809. The molecule has 0 spiro atoms. The average Bonchev–Trinajstić information content (AvgIpc) is 3.14. The molecule has 122 valence electrons. The third-order valence-electron chi connectivity index (χ3n) is 5.88. The van der Waals surface area contributed by atoms with Crippen molar-refractivity contribution in [3.8, 4) is 0 Å². The first-order valence-corrected chi connectivity index (χ1v) is 9.19. The zero-order valence-corrected chi connectivity index (χ0v) is 14.3. The van der Waals surface area contributed by atoms with Crippen molar-refractivity contribution in [1.29, 1.82) is 0 Å². The molecule has 0 N–H and O–H groups in total. The molecule has 3 aromatic rings. The number of para-hydroxylation sites is 1. The molecule has 0 saturated carbocycles. The van der Waals surface area contributed by atoms with Crippen LogP contribution in [0.2, 0.25) is 0 Å². The Morgan fingerprint density at radius 3 is 2.67 bits per heavy atom. The molecular weight excluding hydrogens is 292 g/mol. The minimum Gasteiger partial charge on any atom is -0.338 e. The van der Waals surface area contributed by atoms with Crippen molar-refractivity contribution in [1.82, 2.24) is 9.47 Å². The van der Waals surface area contributed by atoms with Crippen LogP contribution in [0.3, 0.4) is 0 Å². The maximum Gasteiger partial charge on any atom is 0.0506 e. The first-order valence-electron chi connectivity index (χ1n) is 9.19. The first kappa shape index (κ1) is 14.3. The number of aromatic nitrogens is 1. The molecule has 3 heterocycles. The van der Waals surface area contributed by atoms with Crippen LogP contribution in [0, 0.1) is 5.92 Å². The quantitative estimate of drug-likeness (QED) is 0.669. The third kappa shape index (κ3) is 2.13. The summed E-state index contributed by atoms with van der Waals surface area (Å²) in [7, 11) is 0. The van der Waals surface area contributed by atoms with Gasteiger partial charge in [-0.1, -0.05) is 55.5 Å². The molecule has 2 nitrogen and oxygen atoms in total. The molecule has 0 bridgehead atoms. The summed E-state index contributed by atoms with van der Waals surface area (Å²) >= 11 is 0. The summed E-state index contributed by atoms with van der Waals surface area (Å²) in [4.78, 5) is 2.72. The fourth-order valence-corrected chi connectivity index (χ4v) is 4.89. The number of nitrogens with zero attached hydrogens (tertiary/aromatic N) is 2. The summed E-state index contributed by atoms with van der Waals surface area (Å²) < 4.78 is 2.61. The molecule has 2 aliphatic rings. The molecule has 1 fully saturated rings. The molecule has 24 heavy (non-hydrogen) atoms.